The van der Waals surface area contributed by atoms with E-state index in [0.29, 0.717) is 6.42 Å². The number of cyclic esters (lactones) is 1. The Morgan fingerprint density at radius 1 is 0.889 bits per heavy atom. The van der Waals surface area contributed by atoms with Gasteiger partial charge in [0.05, 0.1) is 18.1 Å². The minimum atomic E-state index is -0.939. The zero-order valence-electron chi connectivity index (χ0n) is 17.9. The van der Waals surface area contributed by atoms with Crippen molar-refractivity contribution in [2.45, 2.75) is 73.2 Å². The molecule has 10 atom stereocenters. The predicted octanol–water partition coefficient (Wildman–Crippen LogP) is 3.23. The molecule has 1 aliphatic rings. The number of hydrogen-bond donors (Lipinski definition) is 2. The molecule has 0 saturated carbocycles. The fourth-order valence-corrected chi connectivity index (χ4v) is 4.19. The first-order valence-corrected chi connectivity index (χ1v) is 10.2. The summed E-state index contributed by atoms with van der Waals surface area (Å²) in [6, 6.07) is 0. The summed E-state index contributed by atoms with van der Waals surface area (Å²) in [6.07, 6.45) is -0.334. The number of ketones is 1. The van der Waals surface area contributed by atoms with Gasteiger partial charge >= 0.3 is 5.97 Å². The van der Waals surface area contributed by atoms with Gasteiger partial charge in [0.15, 0.2) is 0 Å². The van der Waals surface area contributed by atoms with Crippen molar-refractivity contribution in [2.75, 3.05) is 0 Å². The zero-order chi connectivity index (χ0) is 21.0. The second-order valence-corrected chi connectivity index (χ2v) is 8.79. The highest BCUT2D eigenvalue weighted by Crippen LogP contribution is 2.33. The average Bonchev–Trinajstić information content (AvgIpc) is 2.66. The van der Waals surface area contributed by atoms with Crippen LogP contribution < -0.4 is 0 Å². The summed E-state index contributed by atoms with van der Waals surface area (Å²) in [7, 11) is 0. The Bertz CT molecular complexity index is 531. The number of aliphatic hydroxyl groups is 2. The van der Waals surface area contributed by atoms with E-state index in [2.05, 4.69) is 13.5 Å². The third-order valence-electron chi connectivity index (χ3n) is 6.86. The standard InChI is InChI=1S/C22H38O5/c1-9-18-15(6)21(25)16(7)19(23)12(3)10-11(2)13(4)14(5)20(24)17(8)22(26)27-18/h9,11-18,20-21,24-25H,1,10H2,2-8H3. The second kappa shape index (κ2) is 9.83. The lowest BCUT2D eigenvalue weighted by atomic mass is 9.73. The largest absolute Gasteiger partial charge is 0.457 e. The van der Waals surface area contributed by atoms with E-state index in [9.17, 15) is 19.8 Å². The van der Waals surface area contributed by atoms with Crippen LogP contribution in [0.1, 0.15) is 54.9 Å². The van der Waals surface area contributed by atoms with Crippen LogP contribution >= 0.6 is 0 Å². The summed E-state index contributed by atoms with van der Waals surface area (Å²) < 4.78 is 5.54. The second-order valence-electron chi connectivity index (χ2n) is 8.79. The van der Waals surface area contributed by atoms with Crippen molar-refractivity contribution in [3.63, 3.8) is 0 Å². The SMILES string of the molecule is C=CC1OC(=O)C(C)C(O)C(C)C(C)C(C)CC(C)C(=O)C(C)C(O)C1C. The molecule has 0 aromatic rings. The number of carbonyl (C=O) groups excluding carboxylic acids is 2. The van der Waals surface area contributed by atoms with E-state index in [0.717, 1.165) is 0 Å². The van der Waals surface area contributed by atoms with Gasteiger partial charge in [-0.25, -0.2) is 0 Å². The van der Waals surface area contributed by atoms with E-state index in [-0.39, 0.29) is 29.5 Å². The van der Waals surface area contributed by atoms with Crippen LogP contribution in [0.5, 0.6) is 0 Å². The smallest absolute Gasteiger partial charge is 0.311 e. The van der Waals surface area contributed by atoms with Crippen molar-refractivity contribution < 1.29 is 24.5 Å². The summed E-state index contributed by atoms with van der Waals surface area (Å²) in [5.74, 6) is -2.18. The molecule has 1 heterocycles. The van der Waals surface area contributed by atoms with Gasteiger partial charge < -0.3 is 14.9 Å². The van der Waals surface area contributed by atoms with Crippen molar-refractivity contribution in [2.24, 2.45) is 41.4 Å². The molecule has 156 valence electrons. The van der Waals surface area contributed by atoms with E-state index in [4.69, 9.17) is 4.74 Å². The van der Waals surface area contributed by atoms with Gasteiger partial charge in [-0.2, -0.15) is 0 Å². The van der Waals surface area contributed by atoms with Gasteiger partial charge in [0, 0.05) is 17.8 Å². The topological polar surface area (TPSA) is 83.8 Å². The Labute approximate surface area is 164 Å². The molecule has 5 nitrogen and oxygen atoms in total. The van der Waals surface area contributed by atoms with E-state index in [1.165, 1.54) is 6.08 Å². The van der Waals surface area contributed by atoms with Crippen LogP contribution in [-0.4, -0.2) is 40.3 Å². The van der Waals surface area contributed by atoms with Crippen LogP contribution in [0.25, 0.3) is 0 Å². The molecule has 1 rings (SSSR count). The van der Waals surface area contributed by atoms with Crippen molar-refractivity contribution in [3.8, 4) is 0 Å². The lowest BCUT2D eigenvalue weighted by molar-refractivity contribution is -0.161. The molecule has 10 unspecified atom stereocenters. The number of aliphatic hydroxyl groups excluding tert-OH is 2. The molecule has 0 aliphatic carbocycles. The van der Waals surface area contributed by atoms with E-state index >= 15 is 0 Å². The summed E-state index contributed by atoms with van der Waals surface area (Å²) in [5, 5.41) is 21.4. The Kier molecular flexibility index (Phi) is 8.68. The van der Waals surface area contributed by atoms with Crippen molar-refractivity contribution >= 4 is 11.8 Å². The molecule has 1 saturated heterocycles. The normalized spacial score (nSPS) is 45.7. The van der Waals surface area contributed by atoms with Crippen molar-refractivity contribution in [1.29, 1.82) is 0 Å². The molecule has 0 amide bonds. The van der Waals surface area contributed by atoms with Gasteiger partial charge in [0.25, 0.3) is 0 Å². The molecule has 0 aromatic heterocycles. The van der Waals surface area contributed by atoms with Crippen LogP contribution in [0.3, 0.4) is 0 Å². The fraction of sp³-hybridized carbons (Fsp3) is 0.818. The third kappa shape index (κ3) is 5.41. The number of hydrogen-bond acceptors (Lipinski definition) is 5. The Balaban J connectivity index is 3.24. The number of carbonyl (C=O) groups is 2. The lowest BCUT2D eigenvalue weighted by Crippen LogP contribution is -2.43. The molecule has 2 N–H and O–H groups in total. The molecule has 27 heavy (non-hydrogen) atoms. The molecule has 0 aromatic carbocycles. The van der Waals surface area contributed by atoms with Gasteiger partial charge in [0.1, 0.15) is 11.9 Å². The van der Waals surface area contributed by atoms with E-state index in [1.807, 2.05) is 20.8 Å². The fourth-order valence-electron chi connectivity index (χ4n) is 4.19. The predicted molar refractivity (Wildman–Crippen MR) is 106 cm³/mol. The first kappa shape index (κ1) is 23.8. The third-order valence-corrected chi connectivity index (χ3v) is 6.86. The van der Waals surface area contributed by atoms with Gasteiger partial charge in [-0.05, 0) is 31.1 Å². The van der Waals surface area contributed by atoms with Gasteiger partial charge in [-0.1, -0.05) is 54.2 Å². The first-order chi connectivity index (χ1) is 12.4. The Morgan fingerprint density at radius 3 is 1.93 bits per heavy atom. The maximum absolute atomic E-state index is 12.8. The number of Topliss-reactive ketones (excluding diaryl/α,β-unsaturated/α-hetero) is 1. The molecule has 0 spiro atoms. The minimum absolute atomic E-state index is 0.0150. The van der Waals surface area contributed by atoms with Crippen LogP contribution in [-0.2, 0) is 14.3 Å². The highest BCUT2D eigenvalue weighted by Gasteiger charge is 2.39. The zero-order valence-corrected chi connectivity index (χ0v) is 17.9. The summed E-state index contributed by atoms with van der Waals surface area (Å²) in [5.41, 5.74) is 0. The van der Waals surface area contributed by atoms with Crippen molar-refractivity contribution in [3.05, 3.63) is 12.7 Å². The summed E-state index contributed by atoms with van der Waals surface area (Å²) in [4.78, 5) is 25.4. The maximum Gasteiger partial charge on any atom is 0.311 e. The van der Waals surface area contributed by atoms with E-state index < -0.39 is 42.0 Å². The highest BCUT2D eigenvalue weighted by molar-refractivity contribution is 5.83. The molecule has 0 radical (unpaired) electrons. The van der Waals surface area contributed by atoms with Gasteiger partial charge in [-0.3, -0.25) is 9.59 Å². The van der Waals surface area contributed by atoms with Gasteiger partial charge in [0.2, 0.25) is 0 Å². The van der Waals surface area contributed by atoms with Crippen LogP contribution in [0.15, 0.2) is 12.7 Å². The van der Waals surface area contributed by atoms with Crippen LogP contribution in [0, 0.1) is 41.4 Å². The molecule has 1 aliphatic heterocycles. The molecular formula is C22H38O5. The highest BCUT2D eigenvalue weighted by atomic mass is 16.5. The maximum atomic E-state index is 12.8. The summed E-state index contributed by atoms with van der Waals surface area (Å²) >= 11 is 0. The monoisotopic (exact) mass is 382 g/mol. The number of esters is 1. The van der Waals surface area contributed by atoms with Crippen LogP contribution in [0.2, 0.25) is 0 Å². The Hall–Kier alpha value is -1.20. The molecule has 1 fully saturated rings. The van der Waals surface area contributed by atoms with E-state index in [1.54, 1.807) is 20.8 Å². The Morgan fingerprint density at radius 2 is 1.41 bits per heavy atom. The lowest BCUT2D eigenvalue weighted by Gasteiger charge is -2.36. The summed E-state index contributed by atoms with van der Waals surface area (Å²) in [6.45, 7) is 16.8. The van der Waals surface area contributed by atoms with Crippen molar-refractivity contribution in [1.82, 2.24) is 0 Å². The van der Waals surface area contributed by atoms with Gasteiger partial charge in [-0.15, -0.1) is 0 Å². The first-order valence-electron chi connectivity index (χ1n) is 10.2. The molecule has 5 heteroatoms. The quantitative estimate of drug-likeness (QED) is 0.537. The molecular weight excluding hydrogens is 344 g/mol. The average molecular weight is 383 g/mol. The number of rotatable bonds is 1. The molecule has 0 bridgehead atoms. The minimum Gasteiger partial charge on any atom is -0.457 e. The van der Waals surface area contributed by atoms with Crippen LogP contribution in [0.4, 0.5) is 0 Å². The number of ether oxygens (including phenoxy) is 1.